The highest BCUT2D eigenvalue weighted by molar-refractivity contribution is 7.12. The van der Waals surface area contributed by atoms with Crippen LogP contribution in [0.3, 0.4) is 0 Å². The third kappa shape index (κ3) is 4.74. The van der Waals surface area contributed by atoms with Crippen molar-refractivity contribution >= 4 is 40.4 Å². The number of halogens is 1. The van der Waals surface area contributed by atoms with Gasteiger partial charge in [0.1, 0.15) is 0 Å². The summed E-state index contributed by atoms with van der Waals surface area (Å²) in [7, 11) is 1.86. The molecule has 0 bridgehead atoms. The van der Waals surface area contributed by atoms with Crippen LogP contribution in [0.1, 0.15) is 46.7 Å². The molecule has 28 heavy (non-hydrogen) atoms. The predicted octanol–water partition coefficient (Wildman–Crippen LogP) is 4.60. The third-order valence-electron chi connectivity index (χ3n) is 5.30. The van der Waals surface area contributed by atoms with Crippen LogP contribution in [0.2, 0.25) is 5.02 Å². The lowest BCUT2D eigenvalue weighted by Crippen LogP contribution is -2.47. The first-order valence-corrected chi connectivity index (χ1v) is 10.8. The number of amides is 2. The Labute approximate surface area is 175 Å². The lowest BCUT2D eigenvalue weighted by Gasteiger charge is -2.38. The van der Waals surface area contributed by atoms with Gasteiger partial charge >= 0.3 is 0 Å². The van der Waals surface area contributed by atoms with Gasteiger partial charge in [0, 0.05) is 37.8 Å². The highest BCUT2D eigenvalue weighted by atomic mass is 35.5. The zero-order chi connectivity index (χ0) is 20.3. The van der Waals surface area contributed by atoms with Crippen LogP contribution in [-0.4, -0.2) is 53.8 Å². The second-order valence-electron chi connectivity index (χ2n) is 7.40. The van der Waals surface area contributed by atoms with Crippen molar-refractivity contribution in [1.29, 1.82) is 0 Å². The zero-order valence-electron chi connectivity index (χ0n) is 16.4. The van der Waals surface area contributed by atoms with Gasteiger partial charge in [0.05, 0.1) is 15.6 Å². The summed E-state index contributed by atoms with van der Waals surface area (Å²) in [6.45, 7) is 6.41. The van der Waals surface area contributed by atoms with Gasteiger partial charge in [-0.2, -0.15) is 0 Å². The fourth-order valence-corrected chi connectivity index (χ4v) is 4.29. The summed E-state index contributed by atoms with van der Waals surface area (Å²) in [5.74, 6) is -0.276. The topological polar surface area (TPSA) is 52.6 Å². The van der Waals surface area contributed by atoms with E-state index in [9.17, 15) is 9.59 Å². The average Bonchev–Trinajstić information content (AvgIpc) is 3.23. The Bertz CT molecular complexity index is 830. The van der Waals surface area contributed by atoms with Gasteiger partial charge < -0.3 is 15.1 Å². The van der Waals surface area contributed by atoms with Crippen LogP contribution in [0.25, 0.3) is 0 Å². The Kier molecular flexibility index (Phi) is 6.75. The van der Waals surface area contributed by atoms with Crippen molar-refractivity contribution in [3.8, 4) is 0 Å². The molecule has 0 spiro atoms. The van der Waals surface area contributed by atoms with Gasteiger partial charge in [-0.3, -0.25) is 9.59 Å². The maximum Gasteiger partial charge on any atom is 0.265 e. The summed E-state index contributed by atoms with van der Waals surface area (Å²) in [5.41, 5.74) is 0.980. The Morgan fingerprint density at radius 1 is 1.25 bits per heavy atom. The molecule has 1 N–H and O–H groups in total. The summed E-state index contributed by atoms with van der Waals surface area (Å²) in [6.07, 6.45) is 1.94. The fourth-order valence-electron chi connectivity index (χ4n) is 3.50. The SMILES string of the molecule is CC(C)N1CCC(N(C)C(=O)c2ccc(Cl)c(NC(=O)c3cccs3)c2)CC1. The molecule has 0 aliphatic carbocycles. The number of hydrogen-bond donors (Lipinski definition) is 1. The van der Waals surface area contributed by atoms with Gasteiger partial charge in [0.15, 0.2) is 0 Å². The van der Waals surface area contributed by atoms with Gasteiger partial charge in [0.2, 0.25) is 0 Å². The van der Waals surface area contributed by atoms with Crippen molar-refractivity contribution in [3.05, 3.63) is 51.2 Å². The standard InChI is InChI=1S/C21H26ClN3O2S/c1-14(2)25-10-8-16(9-11-25)24(3)21(27)15-6-7-17(22)18(13-15)23-20(26)19-5-4-12-28-19/h4-7,12-14,16H,8-11H2,1-3H3,(H,23,26). The van der Waals surface area contributed by atoms with Gasteiger partial charge in [-0.05, 0) is 56.3 Å². The number of thiophene rings is 1. The number of likely N-dealkylation sites (tertiary alicyclic amines) is 1. The highest BCUT2D eigenvalue weighted by Gasteiger charge is 2.27. The Morgan fingerprint density at radius 2 is 1.96 bits per heavy atom. The van der Waals surface area contributed by atoms with E-state index in [2.05, 4.69) is 24.1 Å². The molecule has 2 amide bonds. The molecule has 1 aromatic carbocycles. The molecule has 1 fully saturated rings. The molecule has 0 unspecified atom stereocenters. The summed E-state index contributed by atoms with van der Waals surface area (Å²) < 4.78 is 0. The number of piperidine rings is 1. The molecule has 1 aromatic heterocycles. The number of nitrogens with one attached hydrogen (secondary N) is 1. The molecule has 1 saturated heterocycles. The van der Waals surface area contributed by atoms with E-state index in [4.69, 9.17) is 11.6 Å². The number of nitrogens with zero attached hydrogens (tertiary/aromatic N) is 2. The summed E-state index contributed by atoms with van der Waals surface area (Å²) in [6, 6.07) is 9.37. The first-order chi connectivity index (χ1) is 13.4. The molecule has 0 radical (unpaired) electrons. The smallest absolute Gasteiger partial charge is 0.265 e. The molecule has 150 valence electrons. The van der Waals surface area contributed by atoms with Crippen molar-refractivity contribution in [2.75, 3.05) is 25.5 Å². The quantitative estimate of drug-likeness (QED) is 0.770. The molecule has 5 nitrogen and oxygen atoms in total. The number of carbonyl (C=O) groups excluding carboxylic acids is 2. The van der Waals surface area contributed by atoms with Crippen LogP contribution < -0.4 is 5.32 Å². The molecule has 2 aromatic rings. The van der Waals surface area contributed by atoms with Gasteiger partial charge in [-0.1, -0.05) is 17.7 Å². The van der Waals surface area contributed by atoms with Gasteiger partial charge in [0.25, 0.3) is 11.8 Å². The van der Waals surface area contributed by atoms with E-state index >= 15 is 0 Å². The maximum absolute atomic E-state index is 13.0. The first kappa shape index (κ1) is 20.8. The third-order valence-corrected chi connectivity index (χ3v) is 6.50. The second kappa shape index (κ2) is 9.07. The molecule has 2 heterocycles. The minimum atomic E-state index is -0.226. The van der Waals surface area contributed by atoms with E-state index in [1.807, 2.05) is 23.4 Å². The van der Waals surface area contributed by atoms with Crippen molar-refractivity contribution in [2.45, 2.75) is 38.8 Å². The van der Waals surface area contributed by atoms with Crippen LogP contribution in [0.5, 0.6) is 0 Å². The van der Waals surface area contributed by atoms with Crippen LogP contribution in [-0.2, 0) is 0 Å². The van der Waals surface area contributed by atoms with E-state index in [1.165, 1.54) is 11.3 Å². The lowest BCUT2D eigenvalue weighted by molar-refractivity contribution is 0.0615. The molecule has 1 aliphatic heterocycles. The predicted molar refractivity (Wildman–Crippen MR) is 116 cm³/mol. The van der Waals surface area contributed by atoms with Crippen molar-refractivity contribution in [3.63, 3.8) is 0 Å². The second-order valence-corrected chi connectivity index (χ2v) is 8.76. The largest absolute Gasteiger partial charge is 0.339 e. The first-order valence-electron chi connectivity index (χ1n) is 9.52. The van der Waals surface area contributed by atoms with E-state index in [-0.39, 0.29) is 17.9 Å². The van der Waals surface area contributed by atoms with Crippen molar-refractivity contribution < 1.29 is 9.59 Å². The Morgan fingerprint density at radius 3 is 2.57 bits per heavy atom. The molecular weight excluding hydrogens is 394 g/mol. The van der Waals surface area contributed by atoms with Crippen molar-refractivity contribution in [1.82, 2.24) is 9.80 Å². The fraction of sp³-hybridized carbons (Fsp3) is 0.429. The average molecular weight is 420 g/mol. The summed E-state index contributed by atoms with van der Waals surface area (Å²) in [4.78, 5) is 30.2. The molecular formula is C21H26ClN3O2S. The van der Waals surface area contributed by atoms with Gasteiger partial charge in [-0.25, -0.2) is 0 Å². The molecule has 1 aliphatic rings. The van der Waals surface area contributed by atoms with E-state index in [0.29, 0.717) is 27.2 Å². The number of carbonyl (C=O) groups is 2. The molecule has 3 rings (SSSR count). The van der Waals surface area contributed by atoms with Gasteiger partial charge in [-0.15, -0.1) is 11.3 Å². The van der Waals surface area contributed by atoms with Crippen LogP contribution in [0.15, 0.2) is 35.7 Å². The summed E-state index contributed by atoms with van der Waals surface area (Å²) >= 11 is 7.60. The van der Waals surface area contributed by atoms with Crippen LogP contribution >= 0.6 is 22.9 Å². The number of anilines is 1. The monoisotopic (exact) mass is 419 g/mol. The number of benzene rings is 1. The minimum absolute atomic E-state index is 0.0497. The minimum Gasteiger partial charge on any atom is -0.339 e. The lowest BCUT2D eigenvalue weighted by atomic mass is 10.0. The Hall–Kier alpha value is -1.89. The van der Waals surface area contributed by atoms with Crippen LogP contribution in [0.4, 0.5) is 5.69 Å². The number of rotatable bonds is 5. The molecule has 0 atom stereocenters. The van der Waals surface area contributed by atoms with E-state index in [0.717, 1.165) is 25.9 Å². The molecule has 0 saturated carbocycles. The molecule has 7 heteroatoms. The number of hydrogen-bond acceptors (Lipinski definition) is 4. The zero-order valence-corrected chi connectivity index (χ0v) is 18.0. The normalized spacial score (nSPS) is 15.6. The van der Waals surface area contributed by atoms with E-state index in [1.54, 1.807) is 24.3 Å². The summed E-state index contributed by atoms with van der Waals surface area (Å²) in [5, 5.41) is 5.06. The Balaban J connectivity index is 1.69. The van der Waals surface area contributed by atoms with Crippen molar-refractivity contribution in [2.24, 2.45) is 0 Å². The highest BCUT2D eigenvalue weighted by Crippen LogP contribution is 2.26. The van der Waals surface area contributed by atoms with E-state index < -0.39 is 0 Å². The van der Waals surface area contributed by atoms with Crippen LogP contribution in [0, 0.1) is 0 Å². The maximum atomic E-state index is 13.0.